The normalized spacial score (nSPS) is 28.7. The highest BCUT2D eigenvalue weighted by molar-refractivity contribution is 5.16. The minimum absolute atomic E-state index is 0.0721. The summed E-state index contributed by atoms with van der Waals surface area (Å²) in [5.74, 6) is 1.18. The van der Waals surface area contributed by atoms with Crippen molar-refractivity contribution >= 4 is 0 Å². The molecule has 1 N–H and O–H groups in total. The third kappa shape index (κ3) is 2.21. The molecule has 1 saturated carbocycles. The van der Waals surface area contributed by atoms with Gasteiger partial charge in [-0.1, -0.05) is 12.8 Å². The Hall–Kier alpha value is -0.800. The fourth-order valence-corrected chi connectivity index (χ4v) is 3.59. The van der Waals surface area contributed by atoms with E-state index in [1.165, 1.54) is 25.7 Å². The van der Waals surface area contributed by atoms with Gasteiger partial charge < -0.3 is 14.3 Å². The minimum Gasteiger partial charge on any atom is -0.469 e. The van der Waals surface area contributed by atoms with Gasteiger partial charge in [-0.2, -0.15) is 0 Å². The maximum absolute atomic E-state index is 10.5. The van der Waals surface area contributed by atoms with Crippen LogP contribution in [0.25, 0.3) is 0 Å². The van der Waals surface area contributed by atoms with Gasteiger partial charge >= 0.3 is 0 Å². The van der Waals surface area contributed by atoms with E-state index in [2.05, 4.69) is 0 Å². The first-order valence-corrected chi connectivity index (χ1v) is 7.06. The van der Waals surface area contributed by atoms with Crippen molar-refractivity contribution in [1.82, 2.24) is 0 Å². The average Bonchev–Trinajstić information content (AvgIpc) is 2.98. The van der Waals surface area contributed by atoms with Crippen LogP contribution >= 0.6 is 0 Å². The molecule has 100 valence electrons. The number of aliphatic hydroxyl groups excluding tert-OH is 1. The third-order valence-electron chi connectivity index (χ3n) is 4.58. The lowest BCUT2D eigenvalue weighted by molar-refractivity contribution is -0.113. The zero-order valence-corrected chi connectivity index (χ0v) is 11.0. The summed E-state index contributed by atoms with van der Waals surface area (Å²) >= 11 is 0. The van der Waals surface area contributed by atoms with E-state index in [-0.39, 0.29) is 5.60 Å². The molecule has 1 spiro atoms. The van der Waals surface area contributed by atoms with Crippen molar-refractivity contribution in [3.05, 3.63) is 23.7 Å². The molecule has 1 aromatic heterocycles. The Morgan fingerprint density at radius 3 is 2.83 bits per heavy atom. The molecule has 2 fully saturated rings. The Bertz CT molecular complexity index is 404. The monoisotopic (exact) mass is 250 g/mol. The molecular weight excluding hydrogens is 228 g/mol. The summed E-state index contributed by atoms with van der Waals surface area (Å²) in [6, 6.07) is 1.95. The van der Waals surface area contributed by atoms with Crippen molar-refractivity contribution in [2.24, 2.45) is 5.92 Å². The summed E-state index contributed by atoms with van der Waals surface area (Å²) in [6.07, 6.45) is 8.12. The SMILES string of the molecule is Cc1cc(C(O)C2CCOC3(CCCC3)C2)co1. The maximum Gasteiger partial charge on any atom is 0.101 e. The highest BCUT2D eigenvalue weighted by atomic mass is 16.5. The molecule has 2 heterocycles. The predicted molar refractivity (Wildman–Crippen MR) is 68.3 cm³/mol. The van der Waals surface area contributed by atoms with E-state index >= 15 is 0 Å². The minimum atomic E-state index is -0.399. The zero-order chi connectivity index (χ0) is 12.6. The van der Waals surface area contributed by atoms with Gasteiger partial charge in [0.15, 0.2) is 0 Å². The fraction of sp³-hybridized carbons (Fsp3) is 0.733. The molecule has 0 amide bonds. The second-order valence-corrected chi connectivity index (χ2v) is 5.93. The van der Waals surface area contributed by atoms with Crippen LogP contribution in [0.1, 0.15) is 56.0 Å². The highest BCUT2D eigenvalue weighted by Gasteiger charge is 2.42. The molecule has 2 unspecified atom stereocenters. The van der Waals surface area contributed by atoms with Gasteiger partial charge in [0.05, 0.1) is 18.0 Å². The van der Waals surface area contributed by atoms with E-state index in [4.69, 9.17) is 9.15 Å². The first kappa shape index (κ1) is 12.2. The van der Waals surface area contributed by atoms with E-state index in [9.17, 15) is 5.11 Å². The Kier molecular flexibility index (Phi) is 3.20. The fourth-order valence-electron chi connectivity index (χ4n) is 3.59. The molecule has 0 radical (unpaired) electrons. The van der Waals surface area contributed by atoms with Crippen LogP contribution < -0.4 is 0 Å². The molecule has 3 heteroatoms. The van der Waals surface area contributed by atoms with Gasteiger partial charge in [-0.25, -0.2) is 0 Å². The van der Waals surface area contributed by atoms with Gasteiger partial charge in [-0.05, 0) is 44.6 Å². The summed E-state index contributed by atoms with van der Waals surface area (Å²) in [5, 5.41) is 10.5. The van der Waals surface area contributed by atoms with Crippen molar-refractivity contribution in [3.8, 4) is 0 Å². The average molecular weight is 250 g/mol. The second kappa shape index (κ2) is 4.71. The van der Waals surface area contributed by atoms with Gasteiger partial charge in [0.2, 0.25) is 0 Å². The highest BCUT2D eigenvalue weighted by Crippen LogP contribution is 2.45. The number of hydrogen-bond acceptors (Lipinski definition) is 3. The summed E-state index contributed by atoms with van der Waals surface area (Å²) < 4.78 is 11.3. The van der Waals surface area contributed by atoms with E-state index < -0.39 is 6.10 Å². The topological polar surface area (TPSA) is 42.6 Å². The van der Waals surface area contributed by atoms with Crippen LogP contribution in [-0.4, -0.2) is 17.3 Å². The number of ether oxygens (including phenoxy) is 1. The molecule has 18 heavy (non-hydrogen) atoms. The predicted octanol–water partition coefficient (Wildman–Crippen LogP) is 3.36. The lowest BCUT2D eigenvalue weighted by atomic mass is 9.80. The van der Waals surface area contributed by atoms with E-state index in [0.717, 1.165) is 30.8 Å². The first-order chi connectivity index (χ1) is 8.69. The van der Waals surface area contributed by atoms with Crippen LogP contribution in [0.4, 0.5) is 0 Å². The number of hydrogen-bond donors (Lipinski definition) is 1. The smallest absolute Gasteiger partial charge is 0.101 e. The molecule has 0 bridgehead atoms. The van der Waals surface area contributed by atoms with Crippen LogP contribution in [-0.2, 0) is 4.74 Å². The Morgan fingerprint density at radius 1 is 1.39 bits per heavy atom. The Labute approximate surface area is 108 Å². The molecule has 1 aliphatic carbocycles. The number of rotatable bonds is 2. The molecule has 2 atom stereocenters. The zero-order valence-electron chi connectivity index (χ0n) is 11.0. The summed E-state index contributed by atoms with van der Waals surface area (Å²) in [6.45, 7) is 2.71. The number of furan rings is 1. The van der Waals surface area contributed by atoms with Gasteiger partial charge in [-0.3, -0.25) is 0 Å². The van der Waals surface area contributed by atoms with Crippen LogP contribution in [0, 0.1) is 12.8 Å². The Morgan fingerprint density at radius 2 is 2.17 bits per heavy atom. The molecular formula is C15H22O3. The van der Waals surface area contributed by atoms with Crippen LogP contribution in [0.3, 0.4) is 0 Å². The van der Waals surface area contributed by atoms with Crippen molar-refractivity contribution in [1.29, 1.82) is 0 Å². The molecule has 2 aliphatic rings. The van der Waals surface area contributed by atoms with Crippen LogP contribution in [0.15, 0.2) is 16.7 Å². The van der Waals surface area contributed by atoms with E-state index in [1.54, 1.807) is 6.26 Å². The summed E-state index contributed by atoms with van der Waals surface area (Å²) in [5.41, 5.74) is 0.996. The van der Waals surface area contributed by atoms with E-state index in [0.29, 0.717) is 5.92 Å². The molecule has 1 saturated heterocycles. The van der Waals surface area contributed by atoms with Gasteiger partial charge in [0.25, 0.3) is 0 Å². The number of aryl methyl sites for hydroxylation is 1. The van der Waals surface area contributed by atoms with E-state index in [1.807, 2.05) is 13.0 Å². The van der Waals surface area contributed by atoms with Crippen molar-refractivity contribution in [3.63, 3.8) is 0 Å². The quantitative estimate of drug-likeness (QED) is 0.875. The summed E-state index contributed by atoms with van der Waals surface area (Å²) in [7, 11) is 0. The number of aliphatic hydroxyl groups is 1. The molecule has 3 nitrogen and oxygen atoms in total. The first-order valence-electron chi connectivity index (χ1n) is 7.06. The Balaban J connectivity index is 1.72. The van der Waals surface area contributed by atoms with Crippen molar-refractivity contribution in [2.75, 3.05) is 6.61 Å². The molecule has 3 rings (SSSR count). The second-order valence-electron chi connectivity index (χ2n) is 5.93. The molecule has 1 aliphatic heterocycles. The standard InChI is InChI=1S/C15H22O3/c1-11-8-13(10-17-11)14(16)12-4-7-18-15(9-12)5-2-3-6-15/h8,10,12,14,16H,2-7,9H2,1H3. The van der Waals surface area contributed by atoms with Crippen molar-refractivity contribution in [2.45, 2.75) is 57.2 Å². The van der Waals surface area contributed by atoms with Gasteiger partial charge in [0, 0.05) is 12.2 Å². The largest absolute Gasteiger partial charge is 0.469 e. The third-order valence-corrected chi connectivity index (χ3v) is 4.58. The van der Waals surface area contributed by atoms with Crippen LogP contribution in [0.5, 0.6) is 0 Å². The summed E-state index contributed by atoms with van der Waals surface area (Å²) in [4.78, 5) is 0. The maximum atomic E-state index is 10.5. The molecule has 1 aromatic rings. The lowest BCUT2D eigenvalue weighted by Crippen LogP contribution is -2.39. The van der Waals surface area contributed by atoms with Gasteiger partial charge in [0.1, 0.15) is 5.76 Å². The molecule has 0 aromatic carbocycles. The van der Waals surface area contributed by atoms with Gasteiger partial charge in [-0.15, -0.1) is 0 Å². The van der Waals surface area contributed by atoms with Crippen molar-refractivity contribution < 1.29 is 14.3 Å². The lowest BCUT2D eigenvalue weighted by Gasteiger charge is -2.39. The van der Waals surface area contributed by atoms with Crippen LogP contribution in [0.2, 0.25) is 0 Å².